The van der Waals surface area contributed by atoms with Crippen molar-refractivity contribution >= 4 is 50.7 Å². The Balaban J connectivity index is 1.86. The van der Waals surface area contributed by atoms with Crippen LogP contribution in [-0.4, -0.2) is 59.0 Å². The van der Waals surface area contributed by atoms with E-state index in [1.54, 1.807) is 42.5 Å². The normalized spacial score (nSPS) is 11.8. The molecule has 1 N–H and O–H groups in total. The second-order valence-corrected chi connectivity index (χ2v) is 13.1. The van der Waals surface area contributed by atoms with Crippen LogP contribution >= 0.6 is 23.2 Å². The molecule has 0 fully saturated rings. The molecule has 0 aliphatic rings. The van der Waals surface area contributed by atoms with Crippen LogP contribution in [0.3, 0.4) is 0 Å². The van der Waals surface area contributed by atoms with Crippen LogP contribution in [0.25, 0.3) is 0 Å². The summed E-state index contributed by atoms with van der Waals surface area (Å²) in [5.41, 5.74) is 2.35. The third-order valence-corrected chi connectivity index (χ3v) is 9.91. The Morgan fingerprint density at radius 1 is 0.848 bits per heavy atom. The number of ether oxygens (including phenoxy) is 2. The zero-order valence-corrected chi connectivity index (χ0v) is 28.2. The number of carbonyl (C=O) groups is 2. The summed E-state index contributed by atoms with van der Waals surface area (Å²) in [4.78, 5) is 29.3. The average molecular weight is 685 g/mol. The topological polar surface area (TPSA) is 105 Å². The molecule has 0 heterocycles. The van der Waals surface area contributed by atoms with Crippen LogP contribution in [-0.2, 0) is 32.6 Å². The molecule has 0 unspecified atom stereocenters. The zero-order valence-electron chi connectivity index (χ0n) is 25.9. The first kappa shape index (κ1) is 34.6. The molecular formula is C34H35Cl2N3O6S. The molecule has 0 bridgehead atoms. The smallest absolute Gasteiger partial charge is 0.264 e. The molecule has 0 aliphatic carbocycles. The lowest BCUT2D eigenvalue weighted by Crippen LogP contribution is -2.53. The van der Waals surface area contributed by atoms with Gasteiger partial charge >= 0.3 is 0 Å². The van der Waals surface area contributed by atoms with Crippen molar-refractivity contribution in [2.45, 2.75) is 30.8 Å². The number of aryl methyl sites for hydroxylation is 1. The van der Waals surface area contributed by atoms with Crippen LogP contribution in [0.5, 0.6) is 11.5 Å². The van der Waals surface area contributed by atoms with E-state index in [1.807, 2.05) is 37.3 Å². The van der Waals surface area contributed by atoms with Crippen molar-refractivity contribution in [2.24, 2.45) is 0 Å². The summed E-state index contributed by atoms with van der Waals surface area (Å²) in [7, 11) is -0.00282. The minimum Gasteiger partial charge on any atom is -0.497 e. The van der Waals surface area contributed by atoms with E-state index in [0.717, 1.165) is 15.4 Å². The lowest BCUT2D eigenvalue weighted by molar-refractivity contribution is -0.139. The highest BCUT2D eigenvalue weighted by Gasteiger charge is 2.35. The lowest BCUT2D eigenvalue weighted by Gasteiger charge is -2.34. The van der Waals surface area contributed by atoms with Gasteiger partial charge in [0.05, 0.1) is 34.8 Å². The van der Waals surface area contributed by atoms with Crippen LogP contribution in [0, 0.1) is 6.92 Å². The van der Waals surface area contributed by atoms with Gasteiger partial charge in [-0.3, -0.25) is 13.9 Å². The number of nitrogens with zero attached hydrogens (tertiary/aromatic N) is 2. The van der Waals surface area contributed by atoms with E-state index in [9.17, 15) is 18.0 Å². The molecular weight excluding hydrogens is 649 g/mol. The summed E-state index contributed by atoms with van der Waals surface area (Å²) in [6.45, 7) is 1.12. The first-order valence-corrected chi connectivity index (χ1v) is 16.5. The second kappa shape index (κ2) is 15.4. The van der Waals surface area contributed by atoms with Gasteiger partial charge in [0, 0.05) is 26.1 Å². The number of methoxy groups -OCH3 is 2. The minimum absolute atomic E-state index is 0.0288. The number of rotatable bonds is 13. The van der Waals surface area contributed by atoms with E-state index >= 15 is 0 Å². The first-order chi connectivity index (χ1) is 22.0. The molecule has 12 heteroatoms. The van der Waals surface area contributed by atoms with Crippen molar-refractivity contribution in [1.29, 1.82) is 0 Å². The number of carbonyl (C=O) groups excluding carboxylic acids is 2. The molecule has 9 nitrogen and oxygen atoms in total. The zero-order chi connectivity index (χ0) is 33.4. The van der Waals surface area contributed by atoms with Crippen molar-refractivity contribution in [3.63, 3.8) is 0 Å². The van der Waals surface area contributed by atoms with Gasteiger partial charge in [0.15, 0.2) is 0 Å². The van der Waals surface area contributed by atoms with Crippen molar-refractivity contribution in [3.8, 4) is 11.5 Å². The van der Waals surface area contributed by atoms with Crippen LogP contribution in [0.1, 0.15) is 16.7 Å². The second-order valence-electron chi connectivity index (χ2n) is 10.5. The van der Waals surface area contributed by atoms with Gasteiger partial charge in [0.2, 0.25) is 11.8 Å². The molecule has 242 valence electrons. The summed E-state index contributed by atoms with van der Waals surface area (Å²) < 4.78 is 40.5. The Morgan fingerprint density at radius 3 is 2.15 bits per heavy atom. The molecule has 0 saturated heterocycles. The van der Waals surface area contributed by atoms with Gasteiger partial charge in [0.1, 0.15) is 24.1 Å². The molecule has 0 saturated carbocycles. The molecule has 0 aromatic heterocycles. The SMILES string of the molecule is CNC(=O)[C@@H](Cc1ccccc1)N(Cc1ccc(Cl)c(Cl)c1)C(=O)CN(c1cc(OC)ccc1OC)S(=O)(=O)c1ccc(C)cc1. The molecule has 46 heavy (non-hydrogen) atoms. The lowest BCUT2D eigenvalue weighted by atomic mass is 10.0. The Hall–Kier alpha value is -4.25. The fourth-order valence-corrected chi connectivity index (χ4v) is 6.63. The standard InChI is InChI=1S/C34H35Cl2N3O6S/c1-23-10-14-27(15-11-23)46(42,43)39(30-20-26(44-3)13-17-32(30)45-4)22-33(40)38(21-25-12-16-28(35)29(36)18-25)31(34(41)37-2)19-24-8-6-5-7-9-24/h5-18,20,31H,19,21-22H2,1-4H3,(H,37,41)/t31-/m1/s1. The summed E-state index contributed by atoms with van der Waals surface area (Å²) in [6, 6.07) is 24.1. The number of halogens is 2. The third kappa shape index (κ3) is 8.12. The van der Waals surface area contributed by atoms with Crippen LogP contribution in [0.15, 0.2) is 95.9 Å². The van der Waals surface area contributed by atoms with Gasteiger partial charge in [-0.15, -0.1) is 0 Å². The average Bonchev–Trinajstić information content (AvgIpc) is 3.06. The number of hydrogen-bond acceptors (Lipinski definition) is 6. The Kier molecular flexibility index (Phi) is 11.6. The van der Waals surface area contributed by atoms with Crippen LogP contribution < -0.4 is 19.1 Å². The monoisotopic (exact) mass is 683 g/mol. The Bertz CT molecular complexity index is 1790. The molecule has 0 spiro atoms. The number of anilines is 1. The largest absolute Gasteiger partial charge is 0.497 e. The van der Waals surface area contributed by atoms with E-state index in [-0.39, 0.29) is 34.3 Å². The molecule has 1 atom stereocenters. The van der Waals surface area contributed by atoms with Gasteiger partial charge in [-0.05, 0) is 54.4 Å². The molecule has 4 aromatic rings. The highest BCUT2D eigenvalue weighted by Crippen LogP contribution is 2.36. The first-order valence-electron chi connectivity index (χ1n) is 14.3. The van der Waals surface area contributed by atoms with Gasteiger partial charge in [-0.1, -0.05) is 77.3 Å². The quantitative estimate of drug-likeness (QED) is 0.188. The summed E-state index contributed by atoms with van der Waals surface area (Å²) in [6.07, 6.45) is 0.167. The van der Waals surface area contributed by atoms with Crippen LogP contribution in [0.4, 0.5) is 5.69 Å². The fourth-order valence-electron chi connectivity index (χ4n) is 4.90. The maximum atomic E-state index is 14.5. The summed E-state index contributed by atoms with van der Waals surface area (Å²) in [5.74, 6) is -0.514. The minimum atomic E-state index is -4.34. The van der Waals surface area contributed by atoms with Gasteiger partial charge < -0.3 is 19.7 Å². The van der Waals surface area contributed by atoms with Crippen molar-refractivity contribution in [3.05, 3.63) is 118 Å². The van der Waals surface area contributed by atoms with Crippen molar-refractivity contribution < 1.29 is 27.5 Å². The van der Waals surface area contributed by atoms with Gasteiger partial charge in [0.25, 0.3) is 10.0 Å². The molecule has 0 radical (unpaired) electrons. The number of hydrogen-bond donors (Lipinski definition) is 1. The van der Waals surface area contributed by atoms with Gasteiger partial charge in [-0.25, -0.2) is 8.42 Å². The molecule has 2 amide bonds. The Morgan fingerprint density at radius 2 is 1.54 bits per heavy atom. The fraction of sp³-hybridized carbons (Fsp3) is 0.235. The predicted molar refractivity (Wildman–Crippen MR) is 180 cm³/mol. The highest BCUT2D eigenvalue weighted by atomic mass is 35.5. The maximum Gasteiger partial charge on any atom is 0.264 e. The number of benzene rings is 4. The van der Waals surface area contributed by atoms with Gasteiger partial charge in [-0.2, -0.15) is 0 Å². The Labute approximate surface area is 279 Å². The van der Waals surface area contributed by atoms with Crippen molar-refractivity contribution in [2.75, 3.05) is 32.1 Å². The van der Waals surface area contributed by atoms with E-state index < -0.39 is 34.4 Å². The molecule has 4 aromatic carbocycles. The number of nitrogens with one attached hydrogen (secondary N) is 1. The molecule has 0 aliphatic heterocycles. The van der Waals surface area contributed by atoms with E-state index in [1.165, 1.54) is 44.4 Å². The predicted octanol–water partition coefficient (Wildman–Crippen LogP) is 5.90. The number of amides is 2. The van der Waals surface area contributed by atoms with Crippen molar-refractivity contribution in [1.82, 2.24) is 10.2 Å². The molecule has 4 rings (SSSR count). The maximum absolute atomic E-state index is 14.5. The summed E-state index contributed by atoms with van der Waals surface area (Å²) >= 11 is 12.5. The van der Waals surface area contributed by atoms with E-state index in [2.05, 4.69) is 5.32 Å². The summed E-state index contributed by atoms with van der Waals surface area (Å²) in [5, 5.41) is 3.26. The van der Waals surface area contributed by atoms with E-state index in [0.29, 0.717) is 16.3 Å². The highest BCUT2D eigenvalue weighted by molar-refractivity contribution is 7.92. The number of sulfonamides is 1. The third-order valence-electron chi connectivity index (χ3n) is 7.40. The van der Waals surface area contributed by atoms with Crippen LogP contribution in [0.2, 0.25) is 10.0 Å². The van der Waals surface area contributed by atoms with E-state index in [4.69, 9.17) is 32.7 Å². The number of likely N-dealkylation sites (N-methyl/N-ethyl adjacent to an activating group) is 1.